The van der Waals surface area contributed by atoms with Crippen LogP contribution in [0.2, 0.25) is 0 Å². The summed E-state index contributed by atoms with van der Waals surface area (Å²) in [5, 5.41) is -0.613. The van der Waals surface area contributed by atoms with Crippen molar-refractivity contribution in [1.82, 2.24) is 0 Å². The van der Waals surface area contributed by atoms with E-state index in [-0.39, 0.29) is 4.90 Å². The van der Waals surface area contributed by atoms with E-state index in [1.165, 1.54) is 28.6 Å². The molecular weight excluding hydrogens is 334 g/mol. The van der Waals surface area contributed by atoms with E-state index in [0.29, 0.717) is 17.8 Å². The maximum atomic E-state index is 12.9. The van der Waals surface area contributed by atoms with Gasteiger partial charge < -0.3 is 0 Å². The second-order valence-corrected chi connectivity index (χ2v) is 6.95. The molecule has 0 amide bonds. The molecule has 0 aliphatic heterocycles. The molecule has 0 spiro atoms. The van der Waals surface area contributed by atoms with Gasteiger partial charge in [-0.3, -0.25) is 9.10 Å². The first-order valence-electron chi connectivity index (χ1n) is 7.00. The van der Waals surface area contributed by atoms with Crippen LogP contribution in [0.25, 0.3) is 6.08 Å². The number of halogens is 1. The summed E-state index contributed by atoms with van der Waals surface area (Å²) in [5.41, 5.74) is 1.19. The van der Waals surface area contributed by atoms with Gasteiger partial charge >= 0.3 is 0 Å². The molecule has 0 bridgehead atoms. The van der Waals surface area contributed by atoms with Gasteiger partial charge in [0.2, 0.25) is 5.24 Å². The monoisotopic (exact) mass is 349 g/mol. The third-order valence-electron chi connectivity index (χ3n) is 3.18. The second kappa shape index (κ2) is 7.44. The van der Waals surface area contributed by atoms with Crippen molar-refractivity contribution < 1.29 is 13.2 Å². The zero-order valence-electron chi connectivity index (χ0n) is 12.5. The molecule has 2 aromatic carbocycles. The number of sulfonamides is 1. The zero-order valence-corrected chi connectivity index (χ0v) is 14.1. The molecule has 2 rings (SSSR count). The van der Waals surface area contributed by atoms with Crippen LogP contribution in [0.15, 0.2) is 65.6 Å². The first-order chi connectivity index (χ1) is 10.9. The van der Waals surface area contributed by atoms with Crippen molar-refractivity contribution in [2.75, 3.05) is 10.8 Å². The number of para-hydroxylation sites is 1. The Morgan fingerprint density at radius 3 is 2.43 bits per heavy atom. The number of hydrogen-bond acceptors (Lipinski definition) is 3. The zero-order chi connectivity index (χ0) is 16.9. The highest BCUT2D eigenvalue weighted by Crippen LogP contribution is 2.24. The first kappa shape index (κ1) is 17.2. The molecule has 0 atom stereocenters. The fraction of sp³-hybridized carbons (Fsp3) is 0.118. The van der Waals surface area contributed by atoms with E-state index in [0.717, 1.165) is 0 Å². The summed E-state index contributed by atoms with van der Waals surface area (Å²) in [7, 11) is -3.68. The normalized spacial score (nSPS) is 11.6. The SMILES string of the molecule is CCN(c1ccccc1)S(=O)(=O)c1cccc(/C=C/C(=O)Cl)c1. The quantitative estimate of drug-likeness (QED) is 0.590. The van der Waals surface area contributed by atoms with Crippen molar-refractivity contribution in [3.05, 3.63) is 66.2 Å². The summed E-state index contributed by atoms with van der Waals surface area (Å²) >= 11 is 5.26. The van der Waals surface area contributed by atoms with Crippen LogP contribution in [0.3, 0.4) is 0 Å². The van der Waals surface area contributed by atoms with Gasteiger partial charge in [-0.25, -0.2) is 8.42 Å². The Morgan fingerprint density at radius 1 is 1.13 bits per heavy atom. The summed E-state index contributed by atoms with van der Waals surface area (Å²) in [6.07, 6.45) is 2.66. The maximum Gasteiger partial charge on any atom is 0.264 e. The van der Waals surface area contributed by atoms with Crippen molar-refractivity contribution in [2.24, 2.45) is 0 Å². The van der Waals surface area contributed by atoms with E-state index >= 15 is 0 Å². The van der Waals surface area contributed by atoms with Gasteiger partial charge in [0.25, 0.3) is 10.0 Å². The maximum absolute atomic E-state index is 12.9. The average Bonchev–Trinajstić information content (AvgIpc) is 2.54. The van der Waals surface area contributed by atoms with Crippen LogP contribution in [0.1, 0.15) is 12.5 Å². The van der Waals surface area contributed by atoms with E-state index in [2.05, 4.69) is 0 Å². The van der Waals surface area contributed by atoms with Crippen LogP contribution in [0, 0.1) is 0 Å². The van der Waals surface area contributed by atoms with Crippen molar-refractivity contribution >= 4 is 38.6 Å². The molecule has 0 saturated heterocycles. The van der Waals surface area contributed by atoms with Crippen LogP contribution < -0.4 is 4.31 Å². The molecule has 0 aliphatic rings. The number of benzene rings is 2. The third kappa shape index (κ3) is 4.21. The van der Waals surface area contributed by atoms with E-state index in [9.17, 15) is 13.2 Å². The van der Waals surface area contributed by atoms with Gasteiger partial charge in [0.15, 0.2) is 0 Å². The molecule has 23 heavy (non-hydrogen) atoms. The van der Waals surface area contributed by atoms with Gasteiger partial charge in [0, 0.05) is 6.54 Å². The van der Waals surface area contributed by atoms with E-state index in [1.807, 2.05) is 6.07 Å². The lowest BCUT2D eigenvalue weighted by atomic mass is 10.2. The number of nitrogens with zero attached hydrogens (tertiary/aromatic N) is 1. The molecule has 0 heterocycles. The Labute approximate surface area is 141 Å². The Bertz CT molecular complexity index is 817. The van der Waals surface area contributed by atoms with Crippen molar-refractivity contribution in [3.8, 4) is 0 Å². The van der Waals surface area contributed by atoms with Crippen molar-refractivity contribution in [2.45, 2.75) is 11.8 Å². The van der Waals surface area contributed by atoms with Crippen molar-refractivity contribution in [1.29, 1.82) is 0 Å². The highest BCUT2D eigenvalue weighted by atomic mass is 35.5. The number of allylic oxidation sites excluding steroid dienone is 1. The molecule has 0 aromatic heterocycles. The van der Waals surface area contributed by atoms with Gasteiger partial charge in [-0.2, -0.15) is 0 Å². The minimum Gasteiger partial charge on any atom is -0.276 e. The number of carbonyl (C=O) groups is 1. The number of rotatable bonds is 6. The average molecular weight is 350 g/mol. The Kier molecular flexibility index (Phi) is 5.58. The predicted octanol–water partition coefficient (Wildman–Crippen LogP) is 3.68. The highest BCUT2D eigenvalue weighted by Gasteiger charge is 2.23. The van der Waals surface area contributed by atoms with Gasteiger partial charge in [0.05, 0.1) is 10.6 Å². The second-order valence-electron chi connectivity index (χ2n) is 4.72. The minimum absolute atomic E-state index is 0.160. The Balaban J connectivity index is 2.42. The number of anilines is 1. The smallest absolute Gasteiger partial charge is 0.264 e. The van der Waals surface area contributed by atoms with Crippen LogP contribution in [0.5, 0.6) is 0 Å². The Hall–Kier alpha value is -2.11. The fourth-order valence-electron chi connectivity index (χ4n) is 2.15. The largest absolute Gasteiger partial charge is 0.276 e. The fourth-order valence-corrected chi connectivity index (χ4v) is 3.75. The molecule has 6 heteroatoms. The van der Waals surface area contributed by atoms with E-state index in [1.54, 1.807) is 43.3 Å². The van der Waals surface area contributed by atoms with Gasteiger partial charge in [-0.15, -0.1) is 0 Å². The molecule has 0 N–H and O–H groups in total. The lowest BCUT2D eigenvalue weighted by molar-refractivity contribution is -0.107. The number of hydrogen-bond donors (Lipinski definition) is 0. The highest BCUT2D eigenvalue weighted by molar-refractivity contribution is 7.92. The lowest BCUT2D eigenvalue weighted by Gasteiger charge is -2.23. The molecule has 2 aromatic rings. The topological polar surface area (TPSA) is 54.5 Å². The van der Waals surface area contributed by atoms with E-state index in [4.69, 9.17) is 11.6 Å². The summed E-state index contributed by atoms with van der Waals surface area (Å²) in [6.45, 7) is 2.09. The molecule has 0 unspecified atom stereocenters. The molecule has 120 valence electrons. The summed E-state index contributed by atoms with van der Waals surface area (Å²) in [5.74, 6) is 0. The van der Waals surface area contributed by atoms with Crippen LogP contribution in [0.4, 0.5) is 5.69 Å². The first-order valence-corrected chi connectivity index (χ1v) is 8.82. The summed E-state index contributed by atoms with van der Waals surface area (Å²) in [4.78, 5) is 11.0. The molecule has 0 saturated carbocycles. The van der Waals surface area contributed by atoms with E-state index < -0.39 is 15.3 Å². The van der Waals surface area contributed by atoms with Gasteiger partial charge in [-0.05, 0) is 54.4 Å². The van der Waals surface area contributed by atoms with Crippen LogP contribution >= 0.6 is 11.6 Å². The molecule has 0 fully saturated rings. The summed E-state index contributed by atoms with van der Waals surface area (Å²) in [6, 6.07) is 15.3. The summed E-state index contributed by atoms with van der Waals surface area (Å²) < 4.78 is 27.1. The third-order valence-corrected chi connectivity index (χ3v) is 5.21. The molecule has 0 aliphatic carbocycles. The molecule has 0 radical (unpaired) electrons. The van der Waals surface area contributed by atoms with Crippen LogP contribution in [-0.4, -0.2) is 20.2 Å². The van der Waals surface area contributed by atoms with Crippen LogP contribution in [-0.2, 0) is 14.8 Å². The predicted molar refractivity (Wildman–Crippen MR) is 93.0 cm³/mol. The lowest BCUT2D eigenvalue weighted by Crippen LogP contribution is -2.30. The number of carbonyl (C=O) groups excluding carboxylic acids is 1. The van der Waals surface area contributed by atoms with Crippen molar-refractivity contribution in [3.63, 3.8) is 0 Å². The van der Waals surface area contributed by atoms with Gasteiger partial charge in [-0.1, -0.05) is 36.4 Å². The minimum atomic E-state index is -3.68. The molecular formula is C17H16ClNO3S. The van der Waals surface area contributed by atoms with Gasteiger partial charge in [0.1, 0.15) is 0 Å². The molecule has 4 nitrogen and oxygen atoms in total. The standard InChI is InChI=1S/C17H16ClNO3S/c1-2-19(15-8-4-3-5-9-15)23(21,22)16-10-6-7-14(13-16)11-12-17(18)20/h3-13H,2H2,1H3/b12-11+. The Morgan fingerprint density at radius 2 is 1.83 bits per heavy atom.